The molecule has 0 bridgehead atoms. The molecule has 0 unspecified atom stereocenters. The second-order valence-corrected chi connectivity index (χ2v) is 6.11. The zero-order valence-electron chi connectivity index (χ0n) is 14.2. The van der Waals surface area contributed by atoms with Gasteiger partial charge in [-0.1, -0.05) is 30.3 Å². The molecule has 0 aliphatic rings. The van der Waals surface area contributed by atoms with Crippen LogP contribution in [0.15, 0.2) is 73.1 Å². The van der Waals surface area contributed by atoms with E-state index >= 15 is 0 Å². The van der Waals surface area contributed by atoms with E-state index in [0.29, 0.717) is 23.1 Å². The minimum atomic E-state index is -0.698. The average molecular weight is 363 g/mol. The molecule has 2 aromatic heterocycles. The molecule has 6 heteroatoms. The topological polar surface area (TPSA) is 46.9 Å². The van der Waals surface area contributed by atoms with E-state index < -0.39 is 17.5 Å². The summed E-state index contributed by atoms with van der Waals surface area (Å²) >= 11 is 0. The maximum atomic E-state index is 13.9. The van der Waals surface area contributed by atoms with Crippen LogP contribution in [0.4, 0.5) is 14.5 Å². The Morgan fingerprint density at radius 2 is 1.85 bits per heavy atom. The summed E-state index contributed by atoms with van der Waals surface area (Å²) in [7, 11) is 0. The molecule has 2 heterocycles. The molecule has 0 aliphatic heterocycles. The zero-order valence-corrected chi connectivity index (χ0v) is 14.2. The fraction of sp³-hybridized carbons (Fsp3) is 0.0476. The van der Waals surface area contributed by atoms with Crippen molar-refractivity contribution in [3.63, 3.8) is 0 Å². The standard InChI is InChI=1S/C21H15F2N3O/c22-15-8-9-18(23)19(11-15)25-21(27)17-13-26(12-14-5-2-1-3-6-14)20-16(17)7-4-10-24-20/h1-11,13H,12H2,(H,25,27). The van der Waals surface area contributed by atoms with Crippen molar-refractivity contribution in [2.75, 3.05) is 5.32 Å². The van der Waals surface area contributed by atoms with Gasteiger partial charge in [-0.25, -0.2) is 13.8 Å². The zero-order chi connectivity index (χ0) is 18.8. The van der Waals surface area contributed by atoms with Crippen LogP contribution >= 0.6 is 0 Å². The van der Waals surface area contributed by atoms with Gasteiger partial charge in [0.05, 0.1) is 11.3 Å². The minimum Gasteiger partial charge on any atom is -0.327 e. The molecule has 0 saturated heterocycles. The Morgan fingerprint density at radius 3 is 2.67 bits per heavy atom. The van der Waals surface area contributed by atoms with Crippen molar-refractivity contribution in [2.45, 2.75) is 6.54 Å². The number of benzene rings is 2. The van der Waals surface area contributed by atoms with Crippen LogP contribution in [0.5, 0.6) is 0 Å². The summed E-state index contributed by atoms with van der Waals surface area (Å²) in [5.74, 6) is -1.85. The first-order chi connectivity index (χ1) is 13.1. The van der Waals surface area contributed by atoms with Crippen LogP contribution < -0.4 is 5.32 Å². The van der Waals surface area contributed by atoms with Crippen LogP contribution in [-0.2, 0) is 6.54 Å². The van der Waals surface area contributed by atoms with Gasteiger partial charge in [-0.15, -0.1) is 0 Å². The lowest BCUT2D eigenvalue weighted by Crippen LogP contribution is -2.13. The predicted octanol–water partition coefficient (Wildman–Crippen LogP) is 4.62. The van der Waals surface area contributed by atoms with E-state index in [1.165, 1.54) is 0 Å². The van der Waals surface area contributed by atoms with Crippen molar-refractivity contribution in [1.29, 1.82) is 0 Å². The molecule has 4 nitrogen and oxygen atoms in total. The Bertz CT molecular complexity index is 1120. The molecular formula is C21H15F2N3O. The van der Waals surface area contributed by atoms with Crippen LogP contribution in [0.1, 0.15) is 15.9 Å². The number of pyridine rings is 1. The molecule has 0 radical (unpaired) electrons. The highest BCUT2D eigenvalue weighted by atomic mass is 19.1. The summed E-state index contributed by atoms with van der Waals surface area (Å²) in [6, 6.07) is 16.2. The molecule has 2 aromatic carbocycles. The van der Waals surface area contributed by atoms with E-state index in [2.05, 4.69) is 10.3 Å². The lowest BCUT2D eigenvalue weighted by molar-refractivity contribution is 0.102. The van der Waals surface area contributed by atoms with Crippen LogP contribution in [-0.4, -0.2) is 15.5 Å². The molecule has 1 amide bonds. The minimum absolute atomic E-state index is 0.201. The molecule has 27 heavy (non-hydrogen) atoms. The maximum Gasteiger partial charge on any atom is 0.257 e. The Labute approximate surface area is 154 Å². The van der Waals surface area contributed by atoms with Gasteiger partial charge in [0.15, 0.2) is 0 Å². The summed E-state index contributed by atoms with van der Waals surface area (Å²) < 4.78 is 29.1. The van der Waals surface area contributed by atoms with Gasteiger partial charge in [0.2, 0.25) is 0 Å². The Kier molecular flexibility index (Phi) is 4.38. The highest BCUT2D eigenvalue weighted by Crippen LogP contribution is 2.23. The number of rotatable bonds is 4. The number of anilines is 1. The summed E-state index contributed by atoms with van der Waals surface area (Å²) in [6.45, 7) is 0.538. The second kappa shape index (κ2) is 6.99. The fourth-order valence-electron chi connectivity index (χ4n) is 2.99. The van der Waals surface area contributed by atoms with Gasteiger partial charge >= 0.3 is 0 Å². The second-order valence-electron chi connectivity index (χ2n) is 6.11. The number of nitrogens with one attached hydrogen (secondary N) is 1. The summed E-state index contributed by atoms with van der Waals surface area (Å²) in [6.07, 6.45) is 3.33. The first-order valence-electron chi connectivity index (χ1n) is 8.36. The normalized spacial score (nSPS) is 10.9. The molecule has 134 valence electrons. The number of amides is 1. The van der Waals surface area contributed by atoms with Crippen molar-refractivity contribution < 1.29 is 13.6 Å². The van der Waals surface area contributed by atoms with Gasteiger partial charge in [0.1, 0.15) is 17.3 Å². The average Bonchev–Trinajstić information content (AvgIpc) is 3.04. The molecule has 4 aromatic rings. The third-order valence-electron chi connectivity index (χ3n) is 4.25. The smallest absolute Gasteiger partial charge is 0.257 e. The predicted molar refractivity (Wildman–Crippen MR) is 99.6 cm³/mol. The van der Waals surface area contributed by atoms with Crippen LogP contribution in [0, 0.1) is 11.6 Å². The van der Waals surface area contributed by atoms with Crippen LogP contribution in [0.3, 0.4) is 0 Å². The van der Waals surface area contributed by atoms with E-state index in [4.69, 9.17) is 0 Å². The molecule has 0 spiro atoms. The number of carbonyl (C=O) groups is 1. The lowest BCUT2D eigenvalue weighted by Gasteiger charge is -2.06. The summed E-state index contributed by atoms with van der Waals surface area (Å²) in [5, 5.41) is 3.08. The van der Waals surface area contributed by atoms with Gasteiger partial charge in [-0.3, -0.25) is 4.79 Å². The molecule has 1 N–H and O–H groups in total. The third-order valence-corrected chi connectivity index (χ3v) is 4.25. The van der Waals surface area contributed by atoms with Crippen molar-refractivity contribution in [3.8, 4) is 0 Å². The van der Waals surface area contributed by atoms with Crippen molar-refractivity contribution in [1.82, 2.24) is 9.55 Å². The van der Waals surface area contributed by atoms with Crippen LogP contribution in [0.25, 0.3) is 11.0 Å². The molecule has 0 fully saturated rings. The molecule has 0 atom stereocenters. The number of hydrogen-bond donors (Lipinski definition) is 1. The quantitative estimate of drug-likeness (QED) is 0.575. The van der Waals surface area contributed by atoms with Gasteiger partial charge in [0.25, 0.3) is 5.91 Å². The highest BCUT2D eigenvalue weighted by molar-refractivity contribution is 6.12. The van der Waals surface area contributed by atoms with Gasteiger partial charge < -0.3 is 9.88 Å². The Hall–Kier alpha value is -3.54. The van der Waals surface area contributed by atoms with Crippen molar-refractivity contribution >= 4 is 22.6 Å². The fourth-order valence-corrected chi connectivity index (χ4v) is 2.99. The summed E-state index contributed by atoms with van der Waals surface area (Å²) in [4.78, 5) is 17.1. The first kappa shape index (κ1) is 16.9. The highest BCUT2D eigenvalue weighted by Gasteiger charge is 2.17. The number of carbonyl (C=O) groups excluding carboxylic acids is 1. The van der Waals surface area contributed by atoms with Crippen LogP contribution in [0.2, 0.25) is 0 Å². The molecular weight excluding hydrogens is 348 g/mol. The van der Waals surface area contributed by atoms with Crippen molar-refractivity contribution in [2.24, 2.45) is 0 Å². The first-order valence-corrected chi connectivity index (χ1v) is 8.36. The van der Waals surface area contributed by atoms with E-state index in [1.807, 2.05) is 34.9 Å². The lowest BCUT2D eigenvalue weighted by atomic mass is 10.2. The molecule has 4 rings (SSSR count). The van der Waals surface area contributed by atoms with E-state index in [-0.39, 0.29) is 5.69 Å². The van der Waals surface area contributed by atoms with E-state index in [0.717, 1.165) is 23.8 Å². The number of fused-ring (bicyclic) bond motifs is 1. The van der Waals surface area contributed by atoms with E-state index in [1.54, 1.807) is 24.5 Å². The Balaban J connectivity index is 1.71. The summed E-state index contributed by atoms with van der Waals surface area (Å²) in [5.41, 5.74) is 1.85. The van der Waals surface area contributed by atoms with E-state index in [9.17, 15) is 13.6 Å². The molecule has 0 aliphatic carbocycles. The van der Waals surface area contributed by atoms with Gasteiger partial charge in [-0.05, 0) is 29.8 Å². The number of nitrogens with zero attached hydrogens (tertiary/aromatic N) is 2. The number of halogens is 2. The third kappa shape index (κ3) is 3.42. The molecule has 0 saturated carbocycles. The monoisotopic (exact) mass is 363 g/mol. The maximum absolute atomic E-state index is 13.9. The number of hydrogen-bond acceptors (Lipinski definition) is 2. The largest absolute Gasteiger partial charge is 0.327 e. The van der Waals surface area contributed by atoms with Crippen molar-refractivity contribution in [3.05, 3.63) is 95.8 Å². The SMILES string of the molecule is O=C(Nc1cc(F)ccc1F)c1cn(Cc2ccccc2)c2ncccc12. The van der Waals surface area contributed by atoms with Gasteiger partial charge in [0, 0.05) is 30.4 Å². The van der Waals surface area contributed by atoms with Gasteiger partial charge in [-0.2, -0.15) is 0 Å². The Morgan fingerprint density at radius 1 is 1.04 bits per heavy atom. The number of aromatic nitrogens is 2.